The van der Waals surface area contributed by atoms with E-state index in [0.717, 1.165) is 12.0 Å². The molecule has 2 aromatic carbocycles. The number of carbonyl (C=O) groups excluding carboxylic acids is 1. The van der Waals surface area contributed by atoms with Crippen LogP contribution in [-0.2, 0) is 0 Å². The number of carbonyl (C=O) groups is 1. The monoisotopic (exact) mass is 469 g/mol. The van der Waals surface area contributed by atoms with E-state index in [1.807, 2.05) is 13.0 Å². The zero-order valence-corrected chi connectivity index (χ0v) is 19.0. The predicted molar refractivity (Wildman–Crippen MR) is 126 cm³/mol. The minimum absolute atomic E-state index is 0.134. The van der Waals surface area contributed by atoms with E-state index in [1.165, 1.54) is 22.8 Å². The first kappa shape index (κ1) is 21.9. The number of rotatable bonds is 6. The highest BCUT2D eigenvalue weighted by atomic mass is 35.5. The first-order valence-corrected chi connectivity index (χ1v) is 11.1. The fourth-order valence-corrected chi connectivity index (χ4v) is 4.39. The molecule has 2 heterocycles. The zero-order valence-electron chi connectivity index (χ0n) is 17.4. The summed E-state index contributed by atoms with van der Waals surface area (Å²) in [6.45, 7) is 2.60. The Morgan fingerprint density at radius 2 is 2.16 bits per heavy atom. The number of imidazole rings is 1. The van der Waals surface area contributed by atoms with Crippen molar-refractivity contribution in [1.82, 2.24) is 14.7 Å². The molecule has 7 nitrogen and oxygen atoms in total. The van der Waals surface area contributed by atoms with Gasteiger partial charge in [0.2, 0.25) is 0 Å². The summed E-state index contributed by atoms with van der Waals surface area (Å²) in [6.07, 6.45) is 4.20. The predicted octanol–water partition coefficient (Wildman–Crippen LogP) is 3.48. The number of methoxy groups -OCH3 is 1. The summed E-state index contributed by atoms with van der Waals surface area (Å²) in [6, 6.07) is 10.3. The van der Waals surface area contributed by atoms with Crippen LogP contribution in [0.15, 0.2) is 47.4 Å². The number of ether oxygens (including phenoxy) is 1. The first-order valence-electron chi connectivity index (χ1n) is 9.90. The van der Waals surface area contributed by atoms with Crippen LogP contribution >= 0.6 is 22.9 Å². The van der Waals surface area contributed by atoms with E-state index in [4.69, 9.17) is 16.3 Å². The minimum Gasteiger partial charge on any atom is -0.503 e. The standard InChI is InChI=1S/C23H20ClN3O4S/c1-3-7-25-21(29)15-6-4-5-14(11-15)17-12-27-22(30)19(32-23(27)26-17)10-13-8-16(24)20(28)18(9-13)31-2/h4-6,8-12,28H,3,7H2,1-2H3,(H,25,29)/b19-10-. The number of nitrogens with one attached hydrogen (secondary N) is 1. The van der Waals surface area contributed by atoms with Crippen LogP contribution < -0.4 is 20.1 Å². The number of phenolic OH excluding ortho intramolecular Hbond substituents is 1. The van der Waals surface area contributed by atoms with Crippen molar-refractivity contribution in [3.63, 3.8) is 0 Å². The van der Waals surface area contributed by atoms with Crippen LogP contribution in [-0.4, -0.2) is 34.1 Å². The smallest absolute Gasteiger partial charge is 0.274 e. The van der Waals surface area contributed by atoms with Crippen molar-refractivity contribution in [2.45, 2.75) is 13.3 Å². The number of hydrogen-bond donors (Lipinski definition) is 2. The molecule has 0 bridgehead atoms. The van der Waals surface area contributed by atoms with E-state index in [2.05, 4.69) is 10.3 Å². The number of amides is 1. The van der Waals surface area contributed by atoms with Gasteiger partial charge < -0.3 is 15.2 Å². The fourth-order valence-electron chi connectivity index (χ4n) is 3.22. The van der Waals surface area contributed by atoms with Gasteiger partial charge in [-0.1, -0.05) is 42.0 Å². The Labute approximate surface area is 192 Å². The number of benzene rings is 2. The number of thiazole rings is 1. The molecule has 0 spiro atoms. The third kappa shape index (κ3) is 4.19. The van der Waals surface area contributed by atoms with Gasteiger partial charge in [-0.05, 0) is 42.3 Å². The molecule has 1 amide bonds. The van der Waals surface area contributed by atoms with E-state index in [1.54, 1.807) is 42.6 Å². The average Bonchev–Trinajstić information content (AvgIpc) is 3.34. The van der Waals surface area contributed by atoms with Crippen molar-refractivity contribution in [3.8, 4) is 22.8 Å². The van der Waals surface area contributed by atoms with E-state index < -0.39 is 0 Å². The number of halogens is 1. The molecule has 0 radical (unpaired) electrons. The lowest BCUT2D eigenvalue weighted by atomic mass is 10.1. The summed E-state index contributed by atoms with van der Waals surface area (Å²) in [4.78, 5) is 30.3. The second-order valence-corrected chi connectivity index (χ2v) is 8.50. The van der Waals surface area contributed by atoms with Gasteiger partial charge >= 0.3 is 0 Å². The van der Waals surface area contributed by atoms with Gasteiger partial charge in [0.25, 0.3) is 11.5 Å². The van der Waals surface area contributed by atoms with Gasteiger partial charge in [0.1, 0.15) is 0 Å². The first-order chi connectivity index (χ1) is 15.4. The highest BCUT2D eigenvalue weighted by molar-refractivity contribution is 7.15. The maximum Gasteiger partial charge on any atom is 0.274 e. The van der Waals surface area contributed by atoms with E-state index in [9.17, 15) is 14.7 Å². The van der Waals surface area contributed by atoms with Crippen LogP contribution in [0.3, 0.4) is 0 Å². The molecule has 0 aliphatic rings. The molecule has 4 aromatic rings. The Morgan fingerprint density at radius 3 is 2.88 bits per heavy atom. The van der Waals surface area contributed by atoms with Crippen molar-refractivity contribution >= 4 is 39.9 Å². The second kappa shape index (κ2) is 9.02. The highest BCUT2D eigenvalue weighted by Gasteiger charge is 2.13. The number of hydrogen-bond acceptors (Lipinski definition) is 6. The fraction of sp³-hybridized carbons (Fsp3) is 0.174. The number of nitrogens with zero attached hydrogens (tertiary/aromatic N) is 2. The number of phenols is 1. The van der Waals surface area contributed by atoms with E-state index in [0.29, 0.717) is 32.9 Å². The topological polar surface area (TPSA) is 92.9 Å². The summed E-state index contributed by atoms with van der Waals surface area (Å²) >= 11 is 7.28. The Hall–Kier alpha value is -3.36. The second-order valence-electron chi connectivity index (χ2n) is 7.08. The molecule has 2 aromatic heterocycles. The van der Waals surface area contributed by atoms with Crippen molar-refractivity contribution in [2.75, 3.05) is 13.7 Å². The van der Waals surface area contributed by atoms with Crippen LogP contribution in [0.1, 0.15) is 29.3 Å². The Morgan fingerprint density at radius 1 is 1.34 bits per heavy atom. The van der Waals surface area contributed by atoms with Gasteiger partial charge in [0.05, 0.1) is 22.4 Å². The molecular formula is C23H20ClN3O4S. The van der Waals surface area contributed by atoms with Crippen molar-refractivity contribution in [1.29, 1.82) is 0 Å². The molecule has 0 atom stereocenters. The molecule has 32 heavy (non-hydrogen) atoms. The van der Waals surface area contributed by atoms with E-state index >= 15 is 0 Å². The van der Waals surface area contributed by atoms with Crippen molar-refractivity contribution in [3.05, 3.63) is 73.6 Å². The lowest BCUT2D eigenvalue weighted by Crippen LogP contribution is -2.23. The van der Waals surface area contributed by atoms with Gasteiger partial charge in [0.15, 0.2) is 16.5 Å². The molecule has 9 heteroatoms. The van der Waals surface area contributed by atoms with Gasteiger partial charge in [-0.25, -0.2) is 4.98 Å². The summed E-state index contributed by atoms with van der Waals surface area (Å²) in [5, 5.41) is 12.9. The molecule has 0 aliphatic heterocycles. The lowest BCUT2D eigenvalue weighted by Gasteiger charge is -2.05. The molecule has 0 saturated carbocycles. The maximum atomic E-state index is 12.9. The molecule has 4 rings (SSSR count). The van der Waals surface area contributed by atoms with Gasteiger partial charge in [-0.3, -0.25) is 14.0 Å². The Balaban J connectivity index is 1.70. The molecule has 164 valence electrons. The van der Waals surface area contributed by atoms with Gasteiger partial charge in [0, 0.05) is 23.9 Å². The third-order valence-corrected chi connectivity index (χ3v) is 6.10. The lowest BCUT2D eigenvalue weighted by molar-refractivity contribution is 0.0953. The Kier molecular flexibility index (Phi) is 6.16. The maximum absolute atomic E-state index is 12.9. The van der Waals surface area contributed by atoms with Crippen LogP contribution in [0.25, 0.3) is 22.3 Å². The van der Waals surface area contributed by atoms with Crippen molar-refractivity contribution in [2.24, 2.45) is 0 Å². The summed E-state index contributed by atoms with van der Waals surface area (Å²) in [5.74, 6) is -0.0633. The quantitative estimate of drug-likeness (QED) is 0.451. The number of fused-ring (bicyclic) bond motifs is 1. The van der Waals surface area contributed by atoms with Crippen LogP contribution in [0.4, 0.5) is 0 Å². The molecule has 0 fully saturated rings. The van der Waals surface area contributed by atoms with Gasteiger partial charge in [-0.15, -0.1) is 0 Å². The number of aromatic nitrogens is 2. The summed E-state index contributed by atoms with van der Waals surface area (Å²) in [7, 11) is 1.43. The summed E-state index contributed by atoms with van der Waals surface area (Å²) in [5.41, 5.74) is 2.31. The normalized spacial score (nSPS) is 11.8. The molecule has 0 saturated heterocycles. The van der Waals surface area contributed by atoms with Crippen LogP contribution in [0.2, 0.25) is 5.02 Å². The minimum atomic E-state index is -0.219. The largest absolute Gasteiger partial charge is 0.503 e. The van der Waals surface area contributed by atoms with Crippen LogP contribution in [0, 0.1) is 0 Å². The molecule has 2 N–H and O–H groups in total. The van der Waals surface area contributed by atoms with Crippen LogP contribution in [0.5, 0.6) is 11.5 Å². The molecule has 0 unspecified atom stereocenters. The molecular weight excluding hydrogens is 450 g/mol. The Bertz CT molecular complexity index is 1430. The SMILES string of the molecule is CCCNC(=O)c1cccc(-c2cn3c(=O)/c(=C/c4cc(Cl)c(O)c(OC)c4)sc3n2)c1. The highest BCUT2D eigenvalue weighted by Crippen LogP contribution is 2.35. The van der Waals surface area contributed by atoms with E-state index in [-0.39, 0.29) is 28.0 Å². The van der Waals surface area contributed by atoms with Gasteiger partial charge in [-0.2, -0.15) is 0 Å². The molecule has 0 aliphatic carbocycles. The number of aromatic hydroxyl groups is 1. The summed E-state index contributed by atoms with van der Waals surface area (Å²) < 4.78 is 7.07. The van der Waals surface area contributed by atoms with Crippen molar-refractivity contribution < 1.29 is 14.6 Å². The third-order valence-electron chi connectivity index (χ3n) is 4.83. The zero-order chi connectivity index (χ0) is 22.8. The average molecular weight is 470 g/mol.